The Balaban J connectivity index is 1.48. The highest BCUT2D eigenvalue weighted by Gasteiger charge is 2.61. The molecule has 0 saturated heterocycles. The maximum Gasteiger partial charge on any atom is 0.0574 e. The van der Waals surface area contributed by atoms with Crippen LogP contribution in [0.3, 0.4) is 0 Å². The average molecular weight is 463 g/mol. The van der Waals surface area contributed by atoms with Crippen molar-refractivity contribution in [2.45, 2.75) is 118 Å². The number of hydrogen-bond acceptors (Lipinski definition) is 1. The van der Waals surface area contributed by atoms with E-state index in [1.165, 1.54) is 64.2 Å². The van der Waals surface area contributed by atoms with Gasteiger partial charge >= 0.3 is 0 Å². The van der Waals surface area contributed by atoms with E-state index in [2.05, 4.69) is 40.7 Å². The van der Waals surface area contributed by atoms with E-state index in [0.717, 1.165) is 48.3 Å². The molecular weight excluding hydrogens is 412 g/mol. The van der Waals surface area contributed by atoms with Crippen molar-refractivity contribution in [2.24, 2.45) is 58.2 Å². The lowest BCUT2D eigenvalue weighted by Crippen LogP contribution is -2.56. The van der Waals surface area contributed by atoms with Gasteiger partial charge < -0.3 is 5.11 Å². The first-order valence-corrected chi connectivity index (χ1v) is 14.6. The molecule has 1 N–H and O–H groups in total. The summed E-state index contributed by atoms with van der Waals surface area (Å²) in [6.07, 6.45) is 18.0. The Morgan fingerprint density at radius 2 is 1.56 bits per heavy atom. The van der Waals surface area contributed by atoms with Crippen LogP contribution in [0.5, 0.6) is 0 Å². The van der Waals surface area contributed by atoms with Crippen molar-refractivity contribution in [1.29, 1.82) is 0 Å². The fourth-order valence-corrected chi connectivity index (χ4v) is 10.2. The second-order valence-corrected chi connectivity index (χ2v) is 13.7. The topological polar surface area (TPSA) is 20.2 Å². The van der Waals surface area contributed by atoms with E-state index in [-0.39, 0.29) is 6.10 Å². The van der Waals surface area contributed by atoms with E-state index >= 15 is 0 Å². The third-order valence-electron chi connectivity index (χ3n) is 11.6. The van der Waals surface area contributed by atoms with Crippen LogP contribution in [0.25, 0.3) is 0 Å². The van der Waals surface area contributed by atoms with E-state index in [1.807, 2.05) is 0 Å². The van der Waals surface area contributed by atoms with Crippen molar-refractivity contribution >= 4 is 11.6 Å². The molecule has 4 unspecified atom stereocenters. The molecule has 0 aliphatic heterocycles. The molecule has 0 aromatic carbocycles. The van der Waals surface area contributed by atoms with Gasteiger partial charge in [0, 0.05) is 5.54 Å². The second kappa shape index (κ2) is 9.93. The van der Waals surface area contributed by atoms with Crippen molar-refractivity contribution in [2.75, 3.05) is 0 Å². The molecular formula is C30H51ClO. The number of rotatable bonds is 7. The summed E-state index contributed by atoms with van der Waals surface area (Å²) < 4.78 is 0. The molecule has 0 amide bonds. The molecule has 1 nitrogen and oxygen atoms in total. The molecule has 0 radical (unpaired) electrons. The lowest BCUT2D eigenvalue weighted by molar-refractivity contribution is -0.152. The van der Waals surface area contributed by atoms with Gasteiger partial charge in [0.1, 0.15) is 0 Å². The van der Waals surface area contributed by atoms with Crippen LogP contribution < -0.4 is 0 Å². The minimum atomic E-state index is -0.131. The Morgan fingerprint density at radius 3 is 2.28 bits per heavy atom. The van der Waals surface area contributed by atoms with Crippen molar-refractivity contribution < 1.29 is 5.11 Å². The number of aliphatic hydroxyl groups excluding tert-OH is 1. The number of aliphatic hydroxyl groups is 1. The molecule has 0 bridgehead atoms. The molecule has 4 fully saturated rings. The van der Waals surface area contributed by atoms with Gasteiger partial charge in [-0.1, -0.05) is 71.6 Å². The highest BCUT2D eigenvalue weighted by molar-refractivity contribution is 6.25. The number of halogens is 1. The Morgan fingerprint density at radius 1 is 0.875 bits per heavy atom. The minimum absolute atomic E-state index is 0.131. The van der Waals surface area contributed by atoms with E-state index in [0.29, 0.717) is 22.7 Å². The molecule has 184 valence electrons. The van der Waals surface area contributed by atoms with Gasteiger partial charge in [-0.25, -0.2) is 0 Å². The van der Waals surface area contributed by atoms with E-state index in [1.54, 1.807) is 5.54 Å². The van der Waals surface area contributed by atoms with Crippen LogP contribution in [0.15, 0.2) is 11.6 Å². The fourth-order valence-electron chi connectivity index (χ4n) is 10.1. The zero-order valence-corrected chi connectivity index (χ0v) is 22.4. The molecule has 4 aliphatic rings. The summed E-state index contributed by atoms with van der Waals surface area (Å²) >= 11 is 5.89. The molecule has 32 heavy (non-hydrogen) atoms. The number of fused-ring (bicyclic) bond motifs is 5. The van der Waals surface area contributed by atoms with E-state index in [9.17, 15) is 5.11 Å². The molecule has 2 heteroatoms. The zero-order chi connectivity index (χ0) is 23.1. The van der Waals surface area contributed by atoms with Crippen molar-refractivity contribution in [3.05, 3.63) is 11.6 Å². The average Bonchev–Trinajstić information content (AvgIpc) is 3.10. The molecule has 4 aliphatic carbocycles. The SMILES string of the molecule is CC(C)CCC[C@@H](C)[C@H]1CCC2C3CCC4[C@H](C/C=C/Cl)[C@H](O)CC[C@]4(C)C3CC[C@@]21C. The molecule has 4 saturated carbocycles. The Labute approximate surface area is 204 Å². The van der Waals surface area contributed by atoms with Crippen molar-refractivity contribution in [3.8, 4) is 0 Å². The van der Waals surface area contributed by atoms with Crippen molar-refractivity contribution in [1.82, 2.24) is 0 Å². The zero-order valence-electron chi connectivity index (χ0n) is 21.7. The smallest absolute Gasteiger partial charge is 0.0574 e. The van der Waals surface area contributed by atoms with Gasteiger partial charge in [-0.3, -0.25) is 0 Å². The lowest BCUT2D eigenvalue weighted by Gasteiger charge is -2.62. The second-order valence-electron chi connectivity index (χ2n) is 13.5. The first kappa shape index (κ1) is 25.1. The maximum atomic E-state index is 10.9. The Kier molecular flexibility index (Phi) is 7.78. The van der Waals surface area contributed by atoms with Gasteiger partial charge in [0.25, 0.3) is 0 Å². The summed E-state index contributed by atoms with van der Waals surface area (Å²) in [6, 6.07) is 0. The first-order chi connectivity index (χ1) is 15.2. The number of hydrogen-bond donors (Lipinski definition) is 1. The predicted octanol–water partition coefficient (Wildman–Crippen LogP) is 8.84. The van der Waals surface area contributed by atoms with Crippen LogP contribution in [0.4, 0.5) is 0 Å². The minimum Gasteiger partial charge on any atom is -0.393 e. The lowest BCUT2D eigenvalue weighted by atomic mass is 9.43. The van der Waals surface area contributed by atoms with Crippen LogP contribution in [0.1, 0.15) is 112 Å². The first-order valence-electron chi connectivity index (χ1n) is 14.2. The van der Waals surface area contributed by atoms with Gasteiger partial charge in [-0.2, -0.15) is 0 Å². The summed E-state index contributed by atoms with van der Waals surface area (Å²) in [5, 5.41) is 10.9. The highest BCUT2D eigenvalue weighted by Crippen LogP contribution is 2.69. The standard InChI is InChI=1S/C30H51ClO/c1-20(2)8-6-9-21(3)24-13-14-25-22-11-12-26-23(10-7-19-31)28(32)16-18-30(26,5)27(22)15-17-29(24,25)4/h7,19-28,32H,6,8-18H2,1-5H3/b19-7+/t21-,22?,23+,24-,25?,26?,27?,28-,29-,30+/m1/s1. The van der Waals surface area contributed by atoms with Gasteiger partial charge in [0.2, 0.25) is 0 Å². The van der Waals surface area contributed by atoms with Gasteiger partial charge in [-0.15, -0.1) is 0 Å². The van der Waals surface area contributed by atoms with Crippen molar-refractivity contribution in [3.63, 3.8) is 0 Å². The number of allylic oxidation sites excluding steroid dienone is 1. The van der Waals surface area contributed by atoms with Crippen LogP contribution in [0.2, 0.25) is 0 Å². The van der Waals surface area contributed by atoms with Gasteiger partial charge in [-0.05, 0) is 116 Å². The van der Waals surface area contributed by atoms with Crippen LogP contribution >= 0.6 is 11.6 Å². The summed E-state index contributed by atoms with van der Waals surface area (Å²) in [7, 11) is 0. The summed E-state index contributed by atoms with van der Waals surface area (Å²) in [5.74, 6) is 6.53. The highest BCUT2D eigenvalue weighted by atomic mass is 35.5. The monoisotopic (exact) mass is 462 g/mol. The predicted molar refractivity (Wildman–Crippen MR) is 138 cm³/mol. The molecule has 0 heterocycles. The van der Waals surface area contributed by atoms with E-state index in [4.69, 9.17) is 11.6 Å². The molecule has 0 aromatic heterocycles. The van der Waals surface area contributed by atoms with Crippen LogP contribution in [-0.2, 0) is 0 Å². The third-order valence-corrected chi connectivity index (χ3v) is 11.8. The summed E-state index contributed by atoms with van der Waals surface area (Å²) in [6.45, 7) is 12.7. The van der Waals surface area contributed by atoms with Crippen LogP contribution in [0, 0.1) is 58.2 Å². The Bertz CT molecular complexity index is 657. The quantitative estimate of drug-likeness (QED) is 0.400. The summed E-state index contributed by atoms with van der Waals surface area (Å²) in [5.41, 5.74) is 2.67. The van der Waals surface area contributed by atoms with Gasteiger partial charge in [0.05, 0.1) is 6.10 Å². The van der Waals surface area contributed by atoms with Crippen LogP contribution in [-0.4, -0.2) is 11.2 Å². The molecule has 0 aromatic rings. The summed E-state index contributed by atoms with van der Waals surface area (Å²) in [4.78, 5) is 0. The maximum absolute atomic E-state index is 10.9. The third kappa shape index (κ3) is 4.36. The molecule has 4 rings (SSSR count). The fraction of sp³-hybridized carbons (Fsp3) is 0.933. The normalized spacial score (nSPS) is 47.3. The largest absolute Gasteiger partial charge is 0.393 e. The van der Waals surface area contributed by atoms with E-state index < -0.39 is 0 Å². The Hall–Kier alpha value is -0.0100. The molecule has 0 spiro atoms. The van der Waals surface area contributed by atoms with Gasteiger partial charge in [0.15, 0.2) is 0 Å². The molecule has 10 atom stereocenters.